The van der Waals surface area contributed by atoms with E-state index >= 15 is 0 Å². The van der Waals surface area contributed by atoms with Crippen molar-refractivity contribution in [1.29, 1.82) is 0 Å². The van der Waals surface area contributed by atoms with Crippen molar-refractivity contribution >= 4 is 43.1 Å². The van der Waals surface area contributed by atoms with Crippen LogP contribution in [-0.2, 0) is 5.41 Å². The molecule has 0 saturated heterocycles. The lowest BCUT2D eigenvalue weighted by molar-refractivity contribution is 0.415. The molecule has 0 amide bonds. The summed E-state index contributed by atoms with van der Waals surface area (Å²) in [4.78, 5) is 0. The second kappa shape index (κ2) is 17.9. The summed E-state index contributed by atoms with van der Waals surface area (Å²) in [5, 5.41) is 34.1. The lowest BCUT2D eigenvalue weighted by atomic mass is 9.66. The molecule has 12 aromatic carbocycles. The molecule has 1 aliphatic carbocycles. The molecule has 12 aromatic rings. The van der Waals surface area contributed by atoms with Gasteiger partial charge in [-0.3, -0.25) is 0 Å². The zero-order valence-corrected chi connectivity index (χ0v) is 41.8. The van der Waals surface area contributed by atoms with Crippen LogP contribution in [0.4, 0.5) is 0 Å². The highest BCUT2D eigenvalue weighted by Gasteiger charge is 2.47. The second-order valence-electron chi connectivity index (χ2n) is 19.4. The van der Waals surface area contributed by atoms with Crippen LogP contribution in [-0.4, -0.2) is 38.7 Å². The van der Waals surface area contributed by atoms with E-state index in [1.165, 1.54) is 0 Å². The molecule has 0 heterocycles. The Morgan fingerprint density at radius 3 is 0.800 bits per heavy atom. The molecule has 0 bridgehead atoms. The Morgan fingerprint density at radius 1 is 0.267 bits per heavy atom. The summed E-state index contributed by atoms with van der Waals surface area (Å²) < 4.78 is 22.4. The summed E-state index contributed by atoms with van der Waals surface area (Å²) in [5.41, 5.74) is 11.5. The predicted octanol–water partition coefficient (Wildman–Crippen LogP) is 16.8. The van der Waals surface area contributed by atoms with E-state index in [-0.39, 0.29) is 11.5 Å². The molecule has 6 nitrogen and oxygen atoms in total. The van der Waals surface area contributed by atoms with Crippen LogP contribution in [0.2, 0.25) is 0 Å². The fourth-order valence-corrected chi connectivity index (χ4v) is 11.7. The van der Waals surface area contributed by atoms with Crippen molar-refractivity contribution in [2.45, 2.75) is 5.41 Å². The summed E-state index contributed by atoms with van der Waals surface area (Å²) in [5.74, 6) is 3.44. The van der Waals surface area contributed by atoms with Gasteiger partial charge in [0.25, 0.3) is 0 Å². The fraction of sp³-hybridized carbons (Fsp3) is 0.0725. The first-order chi connectivity index (χ1) is 36.7. The van der Waals surface area contributed by atoms with Crippen LogP contribution in [0.3, 0.4) is 0 Å². The van der Waals surface area contributed by atoms with Gasteiger partial charge in [0.05, 0.1) is 33.9 Å². The number of aromatic hydroxyl groups is 2. The van der Waals surface area contributed by atoms with E-state index in [0.717, 1.165) is 122 Å². The van der Waals surface area contributed by atoms with E-state index in [1.807, 2.05) is 48.5 Å². The lowest BCUT2D eigenvalue weighted by Crippen LogP contribution is -2.29. The first-order valence-electron chi connectivity index (χ1n) is 25.0. The highest BCUT2D eigenvalue weighted by atomic mass is 16.5. The third-order valence-electron chi connectivity index (χ3n) is 15.5. The second-order valence-corrected chi connectivity index (χ2v) is 19.4. The molecule has 1 aliphatic rings. The molecular weight excluding hydrogens is 925 g/mol. The van der Waals surface area contributed by atoms with Gasteiger partial charge in [-0.15, -0.1) is 0 Å². The minimum atomic E-state index is -0.996. The average molecular weight is 975 g/mol. The van der Waals surface area contributed by atoms with Crippen LogP contribution in [0, 0.1) is 0 Å². The van der Waals surface area contributed by atoms with Crippen molar-refractivity contribution in [3.05, 3.63) is 241 Å². The van der Waals surface area contributed by atoms with Crippen LogP contribution in [0.5, 0.6) is 34.5 Å². The summed E-state index contributed by atoms with van der Waals surface area (Å²) in [6, 6.07) is 75.7. The van der Waals surface area contributed by atoms with E-state index < -0.39 is 5.41 Å². The monoisotopic (exact) mass is 974 g/mol. The molecule has 0 radical (unpaired) electrons. The van der Waals surface area contributed by atoms with Gasteiger partial charge >= 0.3 is 0 Å². The van der Waals surface area contributed by atoms with E-state index in [0.29, 0.717) is 22.3 Å². The van der Waals surface area contributed by atoms with Crippen molar-refractivity contribution in [1.82, 2.24) is 0 Å². The predicted molar refractivity (Wildman–Crippen MR) is 305 cm³/mol. The third-order valence-corrected chi connectivity index (χ3v) is 15.5. The van der Waals surface area contributed by atoms with Crippen molar-refractivity contribution in [2.24, 2.45) is 0 Å². The van der Waals surface area contributed by atoms with E-state index in [9.17, 15) is 10.2 Å². The minimum absolute atomic E-state index is 0.168. The number of rotatable bonds is 10. The SMILES string of the molecule is COc1ccc2cc(-c3cc(C4(c5cc(-c6ccc7cc(OC)ccc7c6)c(O)c(-c6ccc7cc(OC)ccc7c6)c5)c5ccccc5-c5ccccc54)cc(-c4ccc5cc(OC)ccc5c4)c3O)ccc2c1. The molecule has 6 heteroatoms. The topological polar surface area (TPSA) is 77.4 Å². The Balaban J connectivity index is 1.15. The molecule has 0 fully saturated rings. The maximum atomic E-state index is 13.0. The smallest absolute Gasteiger partial charge is 0.131 e. The van der Waals surface area contributed by atoms with Crippen LogP contribution in [0.15, 0.2) is 218 Å². The number of phenols is 2. The lowest BCUT2D eigenvalue weighted by Gasteiger charge is -2.36. The molecule has 0 spiro atoms. The molecule has 0 atom stereocenters. The maximum Gasteiger partial charge on any atom is 0.131 e. The van der Waals surface area contributed by atoms with Crippen molar-refractivity contribution in [3.63, 3.8) is 0 Å². The Kier molecular flexibility index (Phi) is 10.8. The Labute approximate surface area is 434 Å². The summed E-state index contributed by atoms with van der Waals surface area (Å²) in [6.07, 6.45) is 0. The van der Waals surface area contributed by atoms with Gasteiger partial charge in [0.1, 0.15) is 34.5 Å². The van der Waals surface area contributed by atoms with Crippen molar-refractivity contribution in [3.8, 4) is 90.1 Å². The van der Waals surface area contributed by atoms with Crippen molar-refractivity contribution in [2.75, 3.05) is 28.4 Å². The summed E-state index contributed by atoms with van der Waals surface area (Å²) >= 11 is 0. The number of benzene rings is 12. The normalized spacial score (nSPS) is 12.5. The zero-order chi connectivity index (χ0) is 51.0. The third kappa shape index (κ3) is 7.40. The molecule has 0 saturated carbocycles. The zero-order valence-electron chi connectivity index (χ0n) is 41.8. The molecular formula is C69H50O6. The van der Waals surface area contributed by atoms with E-state index in [4.69, 9.17) is 18.9 Å². The molecule has 75 heavy (non-hydrogen) atoms. The van der Waals surface area contributed by atoms with Crippen molar-refractivity contribution < 1.29 is 29.2 Å². The van der Waals surface area contributed by atoms with Gasteiger partial charge in [0, 0.05) is 22.3 Å². The minimum Gasteiger partial charge on any atom is -0.507 e. The number of hydrogen-bond donors (Lipinski definition) is 2. The van der Waals surface area contributed by atoms with Crippen LogP contribution < -0.4 is 18.9 Å². The molecule has 362 valence electrons. The average Bonchev–Trinajstić information content (AvgIpc) is 3.85. The van der Waals surface area contributed by atoms with Gasteiger partial charge in [-0.2, -0.15) is 0 Å². The molecule has 0 aliphatic heterocycles. The number of hydrogen-bond acceptors (Lipinski definition) is 6. The van der Waals surface area contributed by atoms with Gasteiger partial charge < -0.3 is 29.2 Å². The van der Waals surface area contributed by atoms with Gasteiger partial charge in [0.2, 0.25) is 0 Å². The van der Waals surface area contributed by atoms with E-state index in [2.05, 4.69) is 170 Å². The van der Waals surface area contributed by atoms with Gasteiger partial charge in [-0.25, -0.2) is 0 Å². The number of fused-ring (bicyclic) bond motifs is 7. The van der Waals surface area contributed by atoms with Crippen LogP contribution in [0.1, 0.15) is 22.3 Å². The Hall–Kier alpha value is -9.52. The quantitative estimate of drug-likeness (QED) is 0.142. The standard InChI is InChI=1S/C69H50O6/c1-72-55-25-21-41-29-49(17-13-45(41)33-55)61-37-53(38-62(67(61)70)50-18-14-46-34-56(73-2)26-22-42(46)30-50)69(65-11-7-5-9-59(65)60-10-6-8-12-66(60)69)54-39-63(51-19-15-47-35-57(74-3)27-23-43(47)31-51)68(71)64(40-54)52-20-16-48-36-58(75-4)28-24-44(48)32-52/h5-40,70-71H,1-4H3. The maximum absolute atomic E-state index is 13.0. The van der Waals surface area contributed by atoms with Crippen LogP contribution >= 0.6 is 0 Å². The van der Waals surface area contributed by atoms with Gasteiger partial charge in [-0.05, 0) is 196 Å². The van der Waals surface area contributed by atoms with E-state index in [1.54, 1.807) is 28.4 Å². The number of methoxy groups -OCH3 is 4. The Bertz CT molecular complexity index is 3790. The largest absolute Gasteiger partial charge is 0.507 e. The summed E-state index contributed by atoms with van der Waals surface area (Å²) in [7, 11) is 6.71. The molecule has 0 unspecified atom stereocenters. The number of ether oxygens (including phenoxy) is 4. The first kappa shape index (κ1) is 45.4. The highest BCUT2D eigenvalue weighted by Crippen LogP contribution is 2.59. The molecule has 2 N–H and O–H groups in total. The fourth-order valence-electron chi connectivity index (χ4n) is 11.7. The first-order valence-corrected chi connectivity index (χ1v) is 25.0. The Morgan fingerprint density at radius 2 is 0.520 bits per heavy atom. The molecule has 0 aromatic heterocycles. The number of phenolic OH excluding ortho intramolecular Hbond substituents is 2. The van der Waals surface area contributed by atoms with Crippen LogP contribution in [0.25, 0.3) is 98.7 Å². The van der Waals surface area contributed by atoms with Gasteiger partial charge in [0.15, 0.2) is 0 Å². The van der Waals surface area contributed by atoms with Gasteiger partial charge in [-0.1, -0.05) is 121 Å². The molecule has 13 rings (SSSR count). The highest BCUT2D eigenvalue weighted by molar-refractivity contribution is 5.98. The summed E-state index contributed by atoms with van der Waals surface area (Å²) in [6.45, 7) is 0.